The minimum Gasteiger partial charge on any atom is -0.488 e. The molecule has 1 saturated heterocycles. The highest BCUT2D eigenvalue weighted by atomic mass is 35.5. The first-order chi connectivity index (χ1) is 20.9. The first kappa shape index (κ1) is 26.9. The number of fused-ring (bicyclic) bond motifs is 6. The number of aromatic nitrogens is 4. The van der Waals surface area contributed by atoms with Crippen molar-refractivity contribution in [2.45, 2.75) is 25.1 Å². The molecule has 0 spiro atoms. The minimum absolute atomic E-state index is 0.160. The number of benzene rings is 3. The Morgan fingerprint density at radius 2 is 1.95 bits per heavy atom. The van der Waals surface area contributed by atoms with Gasteiger partial charge in [-0.1, -0.05) is 48.0 Å². The molecule has 1 N–H and O–H groups in total. The van der Waals surface area contributed by atoms with E-state index in [9.17, 15) is 14.0 Å². The molecule has 0 saturated carbocycles. The second-order valence-electron chi connectivity index (χ2n) is 10.6. The number of carbonyl (C=O) groups excluding carboxylic acids is 2. The maximum Gasteiger partial charge on any atom is 0.257 e. The molecule has 1 fully saturated rings. The Bertz CT molecular complexity index is 1900. The number of likely N-dealkylation sites (tertiary alicyclic amines) is 1. The van der Waals surface area contributed by atoms with Gasteiger partial charge in [0.05, 0.1) is 41.1 Å². The second kappa shape index (κ2) is 11.0. The molecule has 6 bridgehead atoms. The fourth-order valence-corrected chi connectivity index (χ4v) is 5.92. The van der Waals surface area contributed by atoms with Gasteiger partial charge in [-0.3, -0.25) is 14.3 Å². The molecule has 7 rings (SSSR count). The number of hydrogen-bond donors (Lipinski definition) is 1. The Balaban J connectivity index is 1.20. The van der Waals surface area contributed by atoms with Crippen LogP contribution in [0.25, 0.3) is 27.7 Å². The minimum atomic E-state index is -0.746. The standard InChI is InChI=1S/C32H26ClFN6O3/c33-27-14-22(34)9-10-29(27)40-17-21(16-36-40)32(42)39-18-24-15-30(39)31(41)35-11-1-2-12-38-19-26-25(7-4-8-28(26)37-38)20-5-3-6-23(13-20)43-24/h1-10,13-14,16-17,19,24,30H,11-12,15,18H2,(H,35,41)/b2-1+/t24-,30-/m0/s1. The molecule has 2 aliphatic rings. The van der Waals surface area contributed by atoms with Crippen LogP contribution in [0.1, 0.15) is 16.8 Å². The van der Waals surface area contributed by atoms with Crippen LogP contribution in [0.15, 0.2) is 91.4 Å². The van der Waals surface area contributed by atoms with Crippen LogP contribution in [0, 0.1) is 5.82 Å². The lowest BCUT2D eigenvalue weighted by molar-refractivity contribution is -0.124. The van der Waals surface area contributed by atoms with Crippen LogP contribution in [-0.2, 0) is 11.3 Å². The monoisotopic (exact) mass is 596 g/mol. The van der Waals surface area contributed by atoms with E-state index in [1.54, 1.807) is 0 Å². The fraction of sp³-hybridized carbons (Fsp3) is 0.188. The number of carbonyl (C=O) groups is 2. The molecular weight excluding hydrogens is 571 g/mol. The molecule has 0 unspecified atom stereocenters. The molecule has 2 aromatic heterocycles. The number of nitrogens with one attached hydrogen (secondary N) is 1. The summed E-state index contributed by atoms with van der Waals surface area (Å²) in [7, 11) is 0. The predicted molar refractivity (Wildman–Crippen MR) is 160 cm³/mol. The normalized spacial score (nSPS) is 19.2. The van der Waals surface area contributed by atoms with Crippen molar-refractivity contribution in [3.05, 3.63) is 108 Å². The zero-order chi connectivity index (χ0) is 29.5. The SMILES string of the molecule is O=C1NC/C=C/Cn2cc3c(cccc3n2)-c2cccc(c2)O[C@H]2C[C@@H]1N(C(=O)c1cnn(-c3ccc(F)cc3Cl)c1)C2. The summed E-state index contributed by atoms with van der Waals surface area (Å²) in [5.41, 5.74) is 3.62. The van der Waals surface area contributed by atoms with E-state index in [1.165, 1.54) is 40.2 Å². The van der Waals surface area contributed by atoms with E-state index >= 15 is 0 Å². The van der Waals surface area contributed by atoms with E-state index in [4.69, 9.17) is 21.4 Å². The number of ether oxygens (including phenoxy) is 1. The van der Waals surface area contributed by atoms with Gasteiger partial charge in [-0.25, -0.2) is 9.07 Å². The van der Waals surface area contributed by atoms with Gasteiger partial charge in [-0.2, -0.15) is 10.2 Å². The molecule has 0 radical (unpaired) electrons. The summed E-state index contributed by atoms with van der Waals surface area (Å²) in [5, 5.41) is 13.1. The zero-order valence-electron chi connectivity index (χ0n) is 22.9. The summed E-state index contributed by atoms with van der Waals surface area (Å²) in [6.07, 6.45) is 8.69. The van der Waals surface area contributed by atoms with Crippen LogP contribution >= 0.6 is 11.6 Å². The maximum atomic E-state index is 13.8. The third kappa shape index (κ3) is 5.25. The van der Waals surface area contributed by atoms with Crippen molar-refractivity contribution in [3.63, 3.8) is 0 Å². The van der Waals surface area contributed by atoms with Crippen molar-refractivity contribution in [3.8, 4) is 22.6 Å². The van der Waals surface area contributed by atoms with Crippen LogP contribution in [0.4, 0.5) is 4.39 Å². The number of allylic oxidation sites excluding steroid dienone is 1. The summed E-state index contributed by atoms with van der Waals surface area (Å²) in [5.74, 6) is -0.469. The van der Waals surface area contributed by atoms with Crippen molar-refractivity contribution in [1.82, 2.24) is 29.8 Å². The van der Waals surface area contributed by atoms with Gasteiger partial charge in [0.1, 0.15) is 23.7 Å². The molecule has 43 heavy (non-hydrogen) atoms. The lowest BCUT2D eigenvalue weighted by Gasteiger charge is -2.22. The van der Waals surface area contributed by atoms with Crippen molar-refractivity contribution < 1.29 is 18.7 Å². The zero-order valence-corrected chi connectivity index (χ0v) is 23.6. The number of amides is 2. The van der Waals surface area contributed by atoms with Gasteiger partial charge in [0.25, 0.3) is 5.91 Å². The smallest absolute Gasteiger partial charge is 0.257 e. The summed E-state index contributed by atoms with van der Waals surface area (Å²) in [6.45, 7) is 1.06. The van der Waals surface area contributed by atoms with Crippen LogP contribution in [0.5, 0.6) is 5.75 Å². The quantitative estimate of drug-likeness (QED) is 0.289. The van der Waals surface area contributed by atoms with E-state index < -0.39 is 18.0 Å². The molecule has 5 aromatic rings. The molecule has 216 valence electrons. The van der Waals surface area contributed by atoms with Gasteiger partial charge in [0, 0.05) is 30.7 Å². The summed E-state index contributed by atoms with van der Waals surface area (Å²) < 4.78 is 23.2. The van der Waals surface area contributed by atoms with Gasteiger partial charge < -0.3 is 15.0 Å². The van der Waals surface area contributed by atoms with Gasteiger partial charge in [0.15, 0.2) is 0 Å². The Morgan fingerprint density at radius 1 is 1.07 bits per heavy atom. The van der Waals surface area contributed by atoms with Crippen molar-refractivity contribution in [1.29, 1.82) is 0 Å². The van der Waals surface area contributed by atoms with Gasteiger partial charge >= 0.3 is 0 Å². The Morgan fingerprint density at radius 3 is 2.84 bits per heavy atom. The molecular formula is C32H26ClFN6O3. The second-order valence-corrected chi connectivity index (χ2v) is 11.0. The van der Waals surface area contributed by atoms with E-state index in [0.29, 0.717) is 30.9 Å². The first-order valence-electron chi connectivity index (χ1n) is 13.9. The van der Waals surface area contributed by atoms with Crippen molar-refractivity contribution in [2.75, 3.05) is 13.1 Å². The average molecular weight is 597 g/mol. The third-order valence-electron chi connectivity index (χ3n) is 7.71. The third-order valence-corrected chi connectivity index (χ3v) is 8.01. The lowest BCUT2D eigenvalue weighted by atomic mass is 10.0. The van der Waals surface area contributed by atoms with Gasteiger partial charge in [0.2, 0.25) is 5.91 Å². The molecule has 4 heterocycles. The van der Waals surface area contributed by atoms with Crippen LogP contribution in [0.2, 0.25) is 5.02 Å². The molecule has 2 atom stereocenters. The summed E-state index contributed by atoms with van der Waals surface area (Å²) in [6, 6.07) is 17.0. The number of nitrogens with zero attached hydrogens (tertiary/aromatic N) is 5. The molecule has 2 aliphatic heterocycles. The van der Waals surface area contributed by atoms with E-state index in [-0.39, 0.29) is 28.9 Å². The molecule has 0 aliphatic carbocycles. The largest absolute Gasteiger partial charge is 0.488 e. The molecule has 3 aromatic carbocycles. The lowest BCUT2D eigenvalue weighted by Crippen LogP contribution is -2.46. The highest BCUT2D eigenvalue weighted by Gasteiger charge is 2.41. The Labute approximate surface area is 251 Å². The van der Waals surface area contributed by atoms with Crippen molar-refractivity contribution >= 4 is 34.3 Å². The first-order valence-corrected chi connectivity index (χ1v) is 14.3. The molecule has 11 heteroatoms. The van der Waals surface area contributed by atoms with Crippen LogP contribution in [-0.4, -0.2) is 61.5 Å². The number of halogens is 2. The van der Waals surface area contributed by atoms with Gasteiger partial charge in [-0.15, -0.1) is 0 Å². The molecule has 9 nitrogen and oxygen atoms in total. The summed E-state index contributed by atoms with van der Waals surface area (Å²) in [4.78, 5) is 28.7. The molecule has 2 amide bonds. The Kier molecular flexibility index (Phi) is 6.90. The van der Waals surface area contributed by atoms with Gasteiger partial charge in [-0.05, 0) is 47.5 Å². The topological polar surface area (TPSA) is 94.3 Å². The highest BCUT2D eigenvalue weighted by molar-refractivity contribution is 6.32. The van der Waals surface area contributed by atoms with Crippen molar-refractivity contribution in [2.24, 2.45) is 0 Å². The van der Waals surface area contributed by atoms with Crippen LogP contribution in [0.3, 0.4) is 0 Å². The van der Waals surface area contributed by atoms with E-state index in [2.05, 4.69) is 16.5 Å². The van der Waals surface area contributed by atoms with E-state index in [0.717, 1.165) is 22.0 Å². The summed E-state index contributed by atoms with van der Waals surface area (Å²) >= 11 is 6.20. The average Bonchev–Trinajstić information content (AvgIpc) is 3.75. The number of hydrogen-bond acceptors (Lipinski definition) is 5. The fourth-order valence-electron chi connectivity index (χ4n) is 5.66. The highest BCUT2D eigenvalue weighted by Crippen LogP contribution is 2.32. The number of rotatable bonds is 2. The maximum absolute atomic E-state index is 13.8. The Hall–Kier alpha value is -4.96. The van der Waals surface area contributed by atoms with Crippen LogP contribution < -0.4 is 10.1 Å². The predicted octanol–water partition coefficient (Wildman–Crippen LogP) is 5.03. The van der Waals surface area contributed by atoms with E-state index in [1.807, 2.05) is 59.4 Å².